The predicted molar refractivity (Wildman–Crippen MR) is 122 cm³/mol. The summed E-state index contributed by atoms with van der Waals surface area (Å²) >= 11 is 0. The number of hydrogen-bond acceptors (Lipinski definition) is 1. The topological polar surface area (TPSA) is 9.23 Å². The molecular formula is C24H45F11O. The number of hydrogen-bond donors (Lipinski definition) is 0. The minimum Gasteiger partial charge on any atom is -0.385 e. The molecule has 224 valence electrons. The smallest absolute Gasteiger partial charge is 0.385 e. The van der Waals surface area contributed by atoms with Gasteiger partial charge in [-0.15, -0.1) is 0 Å². The van der Waals surface area contributed by atoms with Crippen LogP contribution >= 0.6 is 0 Å². The maximum Gasteiger partial charge on any atom is 0.402 e. The third-order valence-electron chi connectivity index (χ3n) is 5.54. The molecule has 0 saturated carbocycles. The second-order valence-corrected chi connectivity index (χ2v) is 9.12. The quantitative estimate of drug-likeness (QED) is 0.202. The van der Waals surface area contributed by atoms with Gasteiger partial charge in [0, 0.05) is 26.6 Å². The van der Waals surface area contributed by atoms with Gasteiger partial charge in [0.2, 0.25) is 5.92 Å². The van der Waals surface area contributed by atoms with E-state index in [9.17, 15) is 48.3 Å². The SMILES string of the molecule is CCC(C)(C(F)(F)F)C(F)(F)F.CCC(C)(C)C(F)(F)F.CCCC(F)(F)CCC.CCCCOC. The first-order valence-electron chi connectivity index (χ1n) is 12.0. The highest BCUT2D eigenvalue weighted by atomic mass is 19.4. The molecule has 0 saturated heterocycles. The lowest BCUT2D eigenvalue weighted by Crippen LogP contribution is -2.47. The van der Waals surface area contributed by atoms with Gasteiger partial charge < -0.3 is 4.74 Å². The second kappa shape index (κ2) is 18.4. The van der Waals surface area contributed by atoms with E-state index in [0.717, 1.165) is 13.5 Å². The minimum atomic E-state index is -5.24. The number of alkyl halides is 11. The van der Waals surface area contributed by atoms with Crippen LogP contribution in [0.5, 0.6) is 0 Å². The fourth-order valence-corrected chi connectivity index (χ4v) is 1.91. The molecule has 0 aliphatic carbocycles. The molecule has 0 aliphatic heterocycles. The third kappa shape index (κ3) is 18.4. The first-order valence-corrected chi connectivity index (χ1v) is 12.0. The maximum atomic E-state index is 12.4. The average molecular weight is 559 g/mol. The summed E-state index contributed by atoms with van der Waals surface area (Å²) in [5, 5.41) is 0. The molecule has 12 heteroatoms. The van der Waals surface area contributed by atoms with E-state index in [-0.39, 0.29) is 26.2 Å². The van der Waals surface area contributed by atoms with Gasteiger partial charge >= 0.3 is 18.5 Å². The van der Waals surface area contributed by atoms with Gasteiger partial charge in [-0.1, -0.05) is 67.7 Å². The Labute approximate surface area is 209 Å². The molecule has 0 aromatic carbocycles. The van der Waals surface area contributed by atoms with Gasteiger partial charge in [-0.3, -0.25) is 0 Å². The normalized spacial score (nSPS) is 13.0. The van der Waals surface area contributed by atoms with Gasteiger partial charge in [-0.2, -0.15) is 39.5 Å². The molecule has 0 atom stereocenters. The summed E-state index contributed by atoms with van der Waals surface area (Å²) in [5.74, 6) is -2.40. The Bertz CT molecular complexity index is 482. The highest BCUT2D eigenvalue weighted by molar-refractivity contribution is 4.87. The first kappa shape index (κ1) is 42.3. The van der Waals surface area contributed by atoms with E-state index in [1.165, 1.54) is 33.6 Å². The van der Waals surface area contributed by atoms with E-state index in [4.69, 9.17) is 4.74 Å². The van der Waals surface area contributed by atoms with Crippen molar-refractivity contribution in [1.29, 1.82) is 0 Å². The molecule has 0 unspecified atom stereocenters. The molecule has 0 aromatic rings. The van der Waals surface area contributed by atoms with Crippen LogP contribution in [-0.2, 0) is 4.74 Å². The zero-order valence-electron chi connectivity index (χ0n) is 22.9. The summed E-state index contributed by atoms with van der Waals surface area (Å²) in [6.45, 7) is 11.6. The lowest BCUT2D eigenvalue weighted by Gasteiger charge is -2.32. The Morgan fingerprint density at radius 2 is 0.889 bits per heavy atom. The number of methoxy groups -OCH3 is 1. The van der Waals surface area contributed by atoms with Crippen molar-refractivity contribution in [3.63, 3.8) is 0 Å². The van der Waals surface area contributed by atoms with Crippen molar-refractivity contribution in [3.8, 4) is 0 Å². The Hall–Kier alpha value is -0.810. The van der Waals surface area contributed by atoms with Crippen molar-refractivity contribution in [1.82, 2.24) is 0 Å². The van der Waals surface area contributed by atoms with Crippen LogP contribution in [0.4, 0.5) is 48.3 Å². The van der Waals surface area contributed by atoms with Crippen LogP contribution in [0, 0.1) is 10.8 Å². The second-order valence-electron chi connectivity index (χ2n) is 9.12. The fourth-order valence-electron chi connectivity index (χ4n) is 1.91. The standard InChI is InChI=1S/C7H14F2.C6H8F6.C6H11F3.C5H12O/c1-3-5-7(8,9)6-4-2;1-3-4(2,5(7,8)9)6(10,11)12;1-4-5(2,3)6(7,8)9;1-3-4-5-6-2/h3-6H2,1-2H3;3H2,1-2H3;4H2,1-3H3;3-5H2,1-2H3. The van der Waals surface area contributed by atoms with Gasteiger partial charge in [-0.05, 0) is 26.2 Å². The third-order valence-corrected chi connectivity index (χ3v) is 5.54. The maximum absolute atomic E-state index is 12.4. The van der Waals surface area contributed by atoms with Gasteiger partial charge in [0.25, 0.3) is 0 Å². The predicted octanol–water partition coefficient (Wildman–Crippen LogP) is 11.2. The Kier molecular flexibility index (Phi) is 21.7. The summed E-state index contributed by atoms with van der Waals surface area (Å²) in [6, 6.07) is 0. The summed E-state index contributed by atoms with van der Waals surface area (Å²) in [7, 11) is 1.73. The van der Waals surface area contributed by atoms with E-state index in [0.29, 0.717) is 12.8 Å². The van der Waals surface area contributed by atoms with E-state index in [2.05, 4.69) is 6.92 Å². The van der Waals surface area contributed by atoms with Crippen LogP contribution in [0.25, 0.3) is 0 Å². The highest BCUT2D eigenvalue weighted by Crippen LogP contribution is 2.51. The fraction of sp³-hybridized carbons (Fsp3) is 1.00. The molecule has 0 aliphatic rings. The zero-order valence-corrected chi connectivity index (χ0v) is 22.9. The molecule has 0 aromatic heterocycles. The van der Waals surface area contributed by atoms with Gasteiger partial charge in [-0.25, -0.2) is 8.78 Å². The molecular weight excluding hydrogens is 513 g/mol. The lowest BCUT2D eigenvalue weighted by molar-refractivity contribution is -0.335. The summed E-state index contributed by atoms with van der Waals surface area (Å²) in [6.07, 6.45) is -11.7. The molecule has 0 fully saturated rings. The van der Waals surface area contributed by atoms with Crippen LogP contribution < -0.4 is 0 Å². The number of halogens is 11. The minimum absolute atomic E-state index is 0.0425. The summed E-state index contributed by atoms with van der Waals surface area (Å²) in [4.78, 5) is 0. The zero-order chi connectivity index (χ0) is 30.1. The van der Waals surface area contributed by atoms with Gasteiger partial charge in [0.05, 0.1) is 5.41 Å². The molecule has 0 radical (unpaired) electrons. The highest BCUT2D eigenvalue weighted by Gasteiger charge is 2.66. The van der Waals surface area contributed by atoms with Gasteiger partial charge in [0.1, 0.15) is 0 Å². The van der Waals surface area contributed by atoms with E-state index >= 15 is 0 Å². The van der Waals surface area contributed by atoms with E-state index in [1.54, 1.807) is 21.0 Å². The summed E-state index contributed by atoms with van der Waals surface area (Å²) in [5.41, 5.74) is -5.10. The average Bonchev–Trinajstić information content (AvgIpc) is 2.70. The van der Waals surface area contributed by atoms with Crippen LogP contribution in [0.15, 0.2) is 0 Å². The van der Waals surface area contributed by atoms with Crippen LogP contribution in [0.1, 0.15) is 107 Å². The van der Waals surface area contributed by atoms with Crippen LogP contribution in [0.3, 0.4) is 0 Å². The number of rotatable bonds is 9. The van der Waals surface area contributed by atoms with Crippen molar-refractivity contribution >= 4 is 0 Å². The summed E-state index contributed by atoms with van der Waals surface area (Å²) < 4.78 is 136. The Balaban J connectivity index is -0.000000195. The van der Waals surface area contributed by atoms with Crippen molar-refractivity contribution in [2.45, 2.75) is 131 Å². The molecule has 36 heavy (non-hydrogen) atoms. The Morgan fingerprint density at radius 1 is 0.528 bits per heavy atom. The van der Waals surface area contributed by atoms with Crippen molar-refractivity contribution in [3.05, 3.63) is 0 Å². The van der Waals surface area contributed by atoms with Gasteiger partial charge in [0.15, 0.2) is 5.41 Å². The number of unbranched alkanes of at least 4 members (excludes halogenated alkanes) is 1. The molecule has 0 bridgehead atoms. The first-order chi connectivity index (χ1) is 15.9. The largest absolute Gasteiger partial charge is 0.402 e. The number of ether oxygens (including phenoxy) is 1. The molecule has 0 rings (SSSR count). The molecule has 0 amide bonds. The lowest BCUT2D eigenvalue weighted by atomic mass is 9.86. The molecule has 1 nitrogen and oxygen atoms in total. The molecule has 0 spiro atoms. The molecule has 0 N–H and O–H groups in total. The molecule has 0 heterocycles. The van der Waals surface area contributed by atoms with Crippen LogP contribution in [-0.4, -0.2) is 38.2 Å². The van der Waals surface area contributed by atoms with Crippen molar-refractivity contribution < 1.29 is 53.0 Å². The van der Waals surface area contributed by atoms with Crippen molar-refractivity contribution in [2.75, 3.05) is 13.7 Å². The van der Waals surface area contributed by atoms with Crippen LogP contribution in [0.2, 0.25) is 0 Å². The Morgan fingerprint density at radius 3 is 0.972 bits per heavy atom. The monoisotopic (exact) mass is 558 g/mol. The van der Waals surface area contributed by atoms with E-state index < -0.39 is 41.7 Å². The van der Waals surface area contributed by atoms with Crippen molar-refractivity contribution in [2.24, 2.45) is 10.8 Å². The van der Waals surface area contributed by atoms with E-state index in [1.807, 2.05) is 0 Å².